The van der Waals surface area contributed by atoms with Gasteiger partial charge in [0.1, 0.15) is 0 Å². The number of rotatable bonds is 4. The minimum absolute atomic E-state index is 0.144. The van der Waals surface area contributed by atoms with Gasteiger partial charge >= 0.3 is 13.3 Å². The smallest absolute Gasteiger partial charge is 0.422 e. The molecule has 0 bridgehead atoms. The van der Waals surface area contributed by atoms with Gasteiger partial charge in [0.15, 0.2) is 5.69 Å². The fraction of sp³-hybridized carbons (Fsp3) is 0.727. The first kappa shape index (κ1) is 17.0. The van der Waals surface area contributed by atoms with Crippen molar-refractivity contribution < 1.29 is 28.0 Å². The molecule has 0 spiro atoms. The van der Waals surface area contributed by atoms with Gasteiger partial charge in [-0.1, -0.05) is 0 Å². The highest BCUT2D eigenvalue weighted by Gasteiger charge is 2.42. The molecule has 1 aromatic rings. The molecule has 0 aliphatic rings. The average molecular weight is 294 g/mol. The molecule has 9 heteroatoms. The molecule has 5 nitrogen and oxygen atoms in total. The molecule has 0 aliphatic heterocycles. The van der Waals surface area contributed by atoms with Crippen LogP contribution in [0.15, 0.2) is 6.07 Å². The molecule has 0 amide bonds. The van der Waals surface area contributed by atoms with Crippen LogP contribution in [0.5, 0.6) is 0 Å². The molecule has 20 heavy (non-hydrogen) atoms. The summed E-state index contributed by atoms with van der Waals surface area (Å²) in [7, 11) is -0.362. The number of aromatic nitrogens is 2. The van der Waals surface area contributed by atoms with E-state index in [4.69, 9.17) is 4.65 Å². The van der Waals surface area contributed by atoms with Crippen LogP contribution in [0, 0.1) is 0 Å². The maximum absolute atomic E-state index is 12.5. The molecule has 0 unspecified atom stereocenters. The minimum Gasteiger partial charge on any atom is -0.422 e. The number of hydrogen-bond donors (Lipinski definition) is 2. The van der Waals surface area contributed by atoms with Gasteiger partial charge in [-0.3, -0.25) is 4.68 Å². The van der Waals surface area contributed by atoms with Crippen molar-refractivity contribution in [2.45, 2.75) is 45.1 Å². The van der Waals surface area contributed by atoms with Crippen molar-refractivity contribution in [3.8, 4) is 0 Å². The Balaban J connectivity index is 3.00. The fourth-order valence-electron chi connectivity index (χ4n) is 1.33. The van der Waals surface area contributed by atoms with Crippen LogP contribution >= 0.6 is 0 Å². The number of alkyl halides is 3. The van der Waals surface area contributed by atoms with E-state index >= 15 is 0 Å². The van der Waals surface area contributed by atoms with Gasteiger partial charge in [0.05, 0.1) is 16.8 Å². The molecule has 0 atom stereocenters. The number of nitrogens with zero attached hydrogens (tertiary/aromatic N) is 2. The lowest BCUT2D eigenvalue weighted by atomic mass is 9.80. The summed E-state index contributed by atoms with van der Waals surface area (Å²) in [5.41, 5.74) is -3.72. The minimum atomic E-state index is -4.60. The summed E-state index contributed by atoms with van der Waals surface area (Å²) in [5.74, 6) is 0. The molecule has 0 aliphatic carbocycles. The molecular formula is C11H18BF3N2O3. The Morgan fingerprint density at radius 2 is 1.75 bits per heavy atom. The van der Waals surface area contributed by atoms with Gasteiger partial charge in [0, 0.05) is 7.05 Å². The van der Waals surface area contributed by atoms with Crippen LogP contribution in [-0.4, -0.2) is 38.2 Å². The fourth-order valence-corrected chi connectivity index (χ4v) is 1.33. The standard InChI is InChI=1S/C11H18BF3N2O3/c1-9(2,18)10(3,4)20-12(19)8-6-7(11(13,14)15)16-17(8)5/h6,18-19H,1-5H3. The molecule has 1 heterocycles. The van der Waals surface area contributed by atoms with Crippen molar-refractivity contribution in [2.24, 2.45) is 7.05 Å². The monoisotopic (exact) mass is 294 g/mol. The van der Waals surface area contributed by atoms with Crippen molar-refractivity contribution in [3.05, 3.63) is 11.8 Å². The second-order valence-electron chi connectivity index (χ2n) is 5.62. The molecule has 0 fully saturated rings. The number of hydrogen-bond acceptors (Lipinski definition) is 4. The molecule has 1 rings (SSSR count). The Morgan fingerprint density at radius 1 is 1.25 bits per heavy atom. The van der Waals surface area contributed by atoms with E-state index in [1.165, 1.54) is 34.7 Å². The third-order valence-corrected chi connectivity index (χ3v) is 3.34. The van der Waals surface area contributed by atoms with Crippen LogP contribution in [0.25, 0.3) is 0 Å². The van der Waals surface area contributed by atoms with Crippen molar-refractivity contribution in [2.75, 3.05) is 0 Å². The van der Waals surface area contributed by atoms with Gasteiger partial charge in [0.2, 0.25) is 0 Å². The van der Waals surface area contributed by atoms with Gasteiger partial charge in [-0.15, -0.1) is 0 Å². The van der Waals surface area contributed by atoms with Crippen LogP contribution in [0.4, 0.5) is 13.2 Å². The quantitative estimate of drug-likeness (QED) is 0.802. The maximum Gasteiger partial charge on any atom is 0.510 e. The zero-order valence-electron chi connectivity index (χ0n) is 12.0. The van der Waals surface area contributed by atoms with Crippen LogP contribution in [0.3, 0.4) is 0 Å². The van der Waals surface area contributed by atoms with Crippen LogP contribution < -0.4 is 5.59 Å². The van der Waals surface area contributed by atoms with Gasteiger partial charge in [-0.05, 0) is 33.8 Å². The predicted octanol–water partition coefficient (Wildman–Crippen LogP) is 0.692. The lowest BCUT2D eigenvalue weighted by Crippen LogP contribution is -2.54. The highest BCUT2D eigenvalue weighted by atomic mass is 19.4. The Labute approximate surface area is 115 Å². The zero-order chi connectivity index (χ0) is 15.9. The van der Waals surface area contributed by atoms with E-state index in [-0.39, 0.29) is 5.59 Å². The lowest BCUT2D eigenvalue weighted by Gasteiger charge is -2.38. The third-order valence-electron chi connectivity index (χ3n) is 3.34. The predicted molar refractivity (Wildman–Crippen MR) is 67.3 cm³/mol. The summed E-state index contributed by atoms with van der Waals surface area (Å²) < 4.78 is 43.8. The topological polar surface area (TPSA) is 67.5 Å². The second-order valence-corrected chi connectivity index (χ2v) is 5.62. The summed E-state index contributed by atoms with van der Waals surface area (Å²) in [6, 6.07) is 0.713. The molecule has 0 saturated carbocycles. The molecule has 2 N–H and O–H groups in total. The van der Waals surface area contributed by atoms with E-state index < -0.39 is 30.2 Å². The van der Waals surface area contributed by atoms with E-state index in [0.717, 1.165) is 4.68 Å². The normalized spacial score (nSPS) is 13.7. The number of halogens is 3. The summed E-state index contributed by atoms with van der Waals surface area (Å²) >= 11 is 0. The van der Waals surface area contributed by atoms with Crippen molar-refractivity contribution in [1.82, 2.24) is 9.78 Å². The van der Waals surface area contributed by atoms with E-state index in [1.54, 1.807) is 0 Å². The first-order valence-corrected chi connectivity index (χ1v) is 5.95. The molecule has 1 aromatic heterocycles. The number of aliphatic hydroxyl groups is 1. The van der Waals surface area contributed by atoms with Gasteiger partial charge < -0.3 is 14.8 Å². The first-order valence-electron chi connectivity index (χ1n) is 5.95. The summed E-state index contributed by atoms with van der Waals surface area (Å²) in [6.07, 6.45) is -4.60. The molecule has 0 aromatic carbocycles. The Kier molecular flexibility index (Phi) is 4.29. The van der Waals surface area contributed by atoms with E-state index in [0.29, 0.717) is 6.07 Å². The zero-order valence-corrected chi connectivity index (χ0v) is 12.0. The van der Waals surface area contributed by atoms with Crippen molar-refractivity contribution >= 4 is 12.7 Å². The molecule has 0 saturated heterocycles. The highest BCUT2D eigenvalue weighted by Crippen LogP contribution is 2.28. The van der Waals surface area contributed by atoms with Gasteiger partial charge in [0.25, 0.3) is 0 Å². The van der Waals surface area contributed by atoms with Gasteiger partial charge in [-0.2, -0.15) is 18.3 Å². The molecule has 114 valence electrons. The molecule has 0 radical (unpaired) electrons. The Morgan fingerprint density at radius 3 is 2.10 bits per heavy atom. The van der Waals surface area contributed by atoms with Crippen molar-refractivity contribution in [1.29, 1.82) is 0 Å². The SMILES string of the molecule is Cn1nc(C(F)(F)F)cc1B(O)OC(C)(C)C(C)(C)O. The summed E-state index contributed by atoms with van der Waals surface area (Å²) in [4.78, 5) is 0. The van der Waals surface area contributed by atoms with Crippen LogP contribution in [-0.2, 0) is 17.9 Å². The second kappa shape index (κ2) is 5.05. The molecular weight excluding hydrogens is 276 g/mol. The lowest BCUT2D eigenvalue weighted by molar-refractivity contribution is -0.141. The number of aryl methyl sites for hydroxylation is 1. The third kappa shape index (κ3) is 3.53. The summed E-state index contributed by atoms with van der Waals surface area (Å²) in [6.45, 7) is 6.00. The average Bonchev–Trinajstić information content (AvgIpc) is 2.57. The van der Waals surface area contributed by atoms with Crippen LogP contribution in [0.1, 0.15) is 33.4 Å². The Hall–Kier alpha value is -1.06. The Bertz CT molecular complexity index is 480. The maximum atomic E-state index is 12.5. The highest BCUT2D eigenvalue weighted by molar-refractivity contribution is 6.59. The van der Waals surface area contributed by atoms with Gasteiger partial charge in [-0.25, -0.2) is 0 Å². The first-order chi connectivity index (χ1) is 8.75. The van der Waals surface area contributed by atoms with E-state index in [9.17, 15) is 23.3 Å². The van der Waals surface area contributed by atoms with E-state index in [2.05, 4.69) is 5.10 Å². The van der Waals surface area contributed by atoms with E-state index in [1.807, 2.05) is 0 Å². The van der Waals surface area contributed by atoms with Crippen LogP contribution in [0.2, 0.25) is 0 Å². The largest absolute Gasteiger partial charge is 0.510 e. The van der Waals surface area contributed by atoms with Crippen molar-refractivity contribution in [3.63, 3.8) is 0 Å². The summed E-state index contributed by atoms with van der Waals surface area (Å²) in [5, 5.41) is 23.1.